The number of likely N-dealkylation sites (tertiary alicyclic amines) is 1. The number of nitrogens with zero attached hydrogens (tertiary/aromatic N) is 2. The van der Waals surface area contributed by atoms with Gasteiger partial charge in [0.15, 0.2) is 5.78 Å². The van der Waals surface area contributed by atoms with Crippen molar-refractivity contribution in [3.05, 3.63) is 65.7 Å². The molecule has 2 amide bonds. The van der Waals surface area contributed by atoms with Crippen LogP contribution < -0.4 is 9.64 Å². The fraction of sp³-hybridized carbons (Fsp3) is 0.370. The highest BCUT2D eigenvalue weighted by Crippen LogP contribution is 2.50. The number of methoxy groups -OCH3 is 1. The summed E-state index contributed by atoms with van der Waals surface area (Å²) in [4.78, 5) is 44.4. The van der Waals surface area contributed by atoms with Gasteiger partial charge in [0.2, 0.25) is 11.8 Å². The number of hydrogen-bond donors (Lipinski definition) is 0. The molecule has 2 fully saturated rings. The maximum atomic E-state index is 13.7. The number of carbonyl (C=O) groups excluding carboxylic acids is 3. The van der Waals surface area contributed by atoms with Crippen molar-refractivity contribution in [2.24, 2.45) is 17.3 Å². The Kier molecular flexibility index (Phi) is 4.92. The van der Waals surface area contributed by atoms with Gasteiger partial charge in [-0.15, -0.1) is 0 Å². The molecular formula is C27H28N2O4. The van der Waals surface area contributed by atoms with E-state index in [1.807, 2.05) is 86.4 Å². The third kappa shape index (κ3) is 3.27. The van der Waals surface area contributed by atoms with E-state index in [1.54, 1.807) is 7.11 Å². The van der Waals surface area contributed by atoms with E-state index in [1.165, 1.54) is 4.90 Å². The second-order valence-electron chi connectivity index (χ2n) is 10.0. The normalized spacial score (nSPS) is 25.7. The number of hydrogen-bond acceptors (Lipinski definition) is 5. The van der Waals surface area contributed by atoms with Crippen molar-refractivity contribution in [3.8, 4) is 5.75 Å². The first kappa shape index (κ1) is 21.4. The van der Waals surface area contributed by atoms with Crippen LogP contribution in [0.4, 0.5) is 5.69 Å². The molecule has 0 bridgehead atoms. The molecule has 33 heavy (non-hydrogen) atoms. The molecule has 0 saturated carbocycles. The van der Waals surface area contributed by atoms with E-state index in [4.69, 9.17) is 4.74 Å². The third-order valence-electron chi connectivity index (χ3n) is 7.00. The first-order valence-electron chi connectivity index (χ1n) is 11.3. The lowest BCUT2D eigenvalue weighted by molar-refractivity contribution is -0.142. The minimum atomic E-state index is -0.700. The highest BCUT2D eigenvalue weighted by atomic mass is 16.5. The van der Waals surface area contributed by atoms with Gasteiger partial charge in [-0.2, -0.15) is 0 Å². The standard InChI is InChI=1S/C27H28N2O4/c1-27(2,3)24(30)23-22-21(25(31)28(26(22)32)15-16-8-6-5-7-9-16)20-12-10-17-14-18(33-4)11-13-19(17)29(20)23/h5-14,20-23H,15H2,1-4H3/t20-,21+,22-,23-/m1/s1. The number of amides is 2. The van der Waals surface area contributed by atoms with Crippen molar-refractivity contribution in [1.29, 1.82) is 0 Å². The van der Waals surface area contributed by atoms with Crippen LogP contribution in [0.5, 0.6) is 5.75 Å². The largest absolute Gasteiger partial charge is 0.497 e. The number of imide groups is 1. The lowest BCUT2D eigenvalue weighted by atomic mass is 9.79. The predicted molar refractivity (Wildman–Crippen MR) is 126 cm³/mol. The van der Waals surface area contributed by atoms with Crippen LogP contribution in [0, 0.1) is 17.3 Å². The van der Waals surface area contributed by atoms with Crippen LogP contribution in [0.2, 0.25) is 0 Å². The second kappa shape index (κ2) is 7.58. The highest BCUT2D eigenvalue weighted by molar-refractivity contribution is 6.11. The molecule has 0 aromatic heterocycles. The fourth-order valence-corrected chi connectivity index (χ4v) is 5.41. The highest BCUT2D eigenvalue weighted by Gasteiger charge is 2.64. The molecule has 0 unspecified atom stereocenters. The van der Waals surface area contributed by atoms with Gasteiger partial charge < -0.3 is 9.64 Å². The molecule has 3 aliphatic heterocycles. The minimum absolute atomic E-state index is 0.0280. The topological polar surface area (TPSA) is 66.9 Å². The van der Waals surface area contributed by atoms with E-state index in [0.29, 0.717) is 0 Å². The molecule has 2 saturated heterocycles. The number of benzene rings is 2. The molecule has 170 valence electrons. The molecule has 4 atom stereocenters. The van der Waals surface area contributed by atoms with E-state index in [9.17, 15) is 14.4 Å². The summed E-state index contributed by atoms with van der Waals surface area (Å²) in [6.07, 6.45) is 3.93. The van der Waals surface area contributed by atoms with Crippen LogP contribution in [0.15, 0.2) is 54.6 Å². The molecule has 0 spiro atoms. The smallest absolute Gasteiger partial charge is 0.236 e. The zero-order chi connectivity index (χ0) is 23.5. The second-order valence-corrected chi connectivity index (χ2v) is 10.0. The van der Waals surface area contributed by atoms with Crippen molar-refractivity contribution in [3.63, 3.8) is 0 Å². The van der Waals surface area contributed by atoms with Crippen molar-refractivity contribution >= 4 is 29.4 Å². The summed E-state index contributed by atoms with van der Waals surface area (Å²) >= 11 is 0. The molecule has 5 rings (SSSR count). The number of ether oxygens (including phenoxy) is 1. The lowest BCUT2D eigenvalue weighted by Crippen LogP contribution is -2.51. The Hall–Kier alpha value is -3.41. The van der Waals surface area contributed by atoms with Gasteiger partial charge in [0, 0.05) is 16.7 Å². The number of Topliss-reactive ketones (excluding diaryl/α,β-unsaturated/α-hetero) is 1. The van der Waals surface area contributed by atoms with Gasteiger partial charge in [-0.05, 0) is 23.8 Å². The lowest BCUT2D eigenvalue weighted by Gasteiger charge is -2.38. The molecule has 0 aliphatic carbocycles. The van der Waals surface area contributed by atoms with Crippen LogP contribution in [0.3, 0.4) is 0 Å². The Balaban J connectivity index is 1.59. The van der Waals surface area contributed by atoms with Crippen molar-refractivity contribution in [1.82, 2.24) is 4.90 Å². The summed E-state index contributed by atoms with van der Waals surface area (Å²) in [5.74, 6) is -1.04. The summed E-state index contributed by atoms with van der Waals surface area (Å²) in [5, 5.41) is 0. The monoisotopic (exact) mass is 444 g/mol. The summed E-state index contributed by atoms with van der Waals surface area (Å²) < 4.78 is 5.37. The van der Waals surface area contributed by atoms with Crippen molar-refractivity contribution in [2.45, 2.75) is 39.4 Å². The first-order chi connectivity index (χ1) is 15.7. The van der Waals surface area contributed by atoms with Crippen LogP contribution in [0.1, 0.15) is 31.9 Å². The molecule has 3 aliphatic rings. The number of ketones is 1. The first-order valence-corrected chi connectivity index (χ1v) is 11.3. The van der Waals surface area contributed by atoms with Gasteiger partial charge in [0.1, 0.15) is 11.8 Å². The number of rotatable bonds is 4. The summed E-state index contributed by atoms with van der Waals surface area (Å²) in [7, 11) is 1.61. The SMILES string of the molecule is COc1ccc2c(c1)C=C[C@@H]1[C@@H]3C(=O)N(Cc4ccccc4)C(=O)[C@H]3[C@H](C(=O)C(C)(C)C)N21. The van der Waals surface area contributed by atoms with E-state index >= 15 is 0 Å². The van der Waals surface area contributed by atoms with Gasteiger partial charge in [-0.25, -0.2) is 0 Å². The average molecular weight is 445 g/mol. The molecule has 3 heterocycles. The zero-order valence-corrected chi connectivity index (χ0v) is 19.3. The number of anilines is 1. The van der Waals surface area contributed by atoms with Crippen LogP contribution in [-0.2, 0) is 20.9 Å². The van der Waals surface area contributed by atoms with E-state index in [-0.39, 0.29) is 30.2 Å². The van der Waals surface area contributed by atoms with Gasteiger partial charge in [0.25, 0.3) is 0 Å². The van der Waals surface area contributed by atoms with Crippen LogP contribution >= 0.6 is 0 Å². The Labute approximate surface area is 193 Å². The summed E-state index contributed by atoms with van der Waals surface area (Å²) in [6, 6.07) is 14.2. The molecule has 6 heteroatoms. The van der Waals surface area contributed by atoms with Gasteiger partial charge in [-0.3, -0.25) is 19.3 Å². The van der Waals surface area contributed by atoms with Crippen molar-refractivity contribution < 1.29 is 19.1 Å². The number of fused-ring (bicyclic) bond motifs is 5. The summed E-state index contributed by atoms with van der Waals surface area (Å²) in [5.41, 5.74) is 2.01. The quantitative estimate of drug-likeness (QED) is 0.673. The maximum Gasteiger partial charge on any atom is 0.236 e. The molecule has 6 nitrogen and oxygen atoms in total. The van der Waals surface area contributed by atoms with E-state index < -0.39 is 23.3 Å². The Bertz CT molecular complexity index is 1160. The molecule has 2 aromatic carbocycles. The Morgan fingerprint density at radius 3 is 2.36 bits per heavy atom. The molecular weight excluding hydrogens is 416 g/mol. The van der Waals surface area contributed by atoms with Gasteiger partial charge >= 0.3 is 0 Å². The molecule has 2 aromatic rings. The summed E-state index contributed by atoms with van der Waals surface area (Å²) in [6.45, 7) is 5.84. The molecule has 0 radical (unpaired) electrons. The Morgan fingerprint density at radius 2 is 1.70 bits per heavy atom. The number of carbonyl (C=O) groups is 3. The van der Waals surface area contributed by atoms with Gasteiger partial charge in [0.05, 0.1) is 31.5 Å². The fourth-order valence-electron chi connectivity index (χ4n) is 5.41. The molecule has 0 N–H and O–H groups in total. The minimum Gasteiger partial charge on any atom is -0.497 e. The van der Waals surface area contributed by atoms with E-state index in [0.717, 1.165) is 22.6 Å². The maximum absolute atomic E-state index is 13.7. The van der Waals surface area contributed by atoms with Crippen molar-refractivity contribution in [2.75, 3.05) is 12.0 Å². The predicted octanol–water partition coefficient (Wildman–Crippen LogP) is 3.70. The van der Waals surface area contributed by atoms with Gasteiger partial charge in [-0.1, -0.05) is 63.3 Å². The van der Waals surface area contributed by atoms with E-state index in [2.05, 4.69) is 0 Å². The average Bonchev–Trinajstić information content (AvgIpc) is 3.26. The zero-order valence-electron chi connectivity index (χ0n) is 19.3. The third-order valence-corrected chi connectivity index (χ3v) is 7.00. The van der Waals surface area contributed by atoms with Crippen LogP contribution in [-0.4, -0.2) is 41.7 Å². The Morgan fingerprint density at radius 1 is 1.00 bits per heavy atom. The van der Waals surface area contributed by atoms with Crippen LogP contribution in [0.25, 0.3) is 6.08 Å².